The number of ether oxygens (including phenoxy) is 4. The first-order valence-corrected chi connectivity index (χ1v) is 11.4. The van der Waals surface area contributed by atoms with Gasteiger partial charge >= 0.3 is 5.97 Å². The highest BCUT2D eigenvalue weighted by atomic mass is 35.5. The quantitative estimate of drug-likeness (QED) is 0.520. The number of nitrogens with zero attached hydrogens (tertiary/aromatic N) is 1. The number of anilines is 1. The summed E-state index contributed by atoms with van der Waals surface area (Å²) in [5.74, 6) is -0.322. The third-order valence-corrected chi connectivity index (χ3v) is 6.81. The lowest BCUT2D eigenvalue weighted by Crippen LogP contribution is -2.41. The molecule has 34 heavy (non-hydrogen) atoms. The van der Waals surface area contributed by atoms with Crippen molar-refractivity contribution >= 4 is 34.6 Å². The molecule has 0 spiro atoms. The molecular weight excluding hydrogens is 466 g/mol. The van der Waals surface area contributed by atoms with Crippen LogP contribution in [0.15, 0.2) is 39.7 Å². The lowest BCUT2D eigenvalue weighted by molar-refractivity contribution is -0.167. The number of benzene rings is 1. The molecule has 3 N–H and O–H groups in total. The zero-order valence-electron chi connectivity index (χ0n) is 18.2. The summed E-state index contributed by atoms with van der Waals surface area (Å²) >= 11 is 6.03. The lowest BCUT2D eigenvalue weighted by Gasteiger charge is -2.27. The first kappa shape index (κ1) is 21.6. The van der Waals surface area contributed by atoms with Crippen LogP contribution in [-0.2, 0) is 23.7 Å². The standard InChI is InChI=1S/C23H22ClN3O7/c1-23-17(13-8-30-16-15(13)26-22(25)27-19(16)28)32-14(9-31-20(29)10-2-3-10)18(23)33-21(34-23)11-4-6-12(24)7-5-11/h4-8,10,14,17-18,21H,2-3,9H2,1H3,(H3,25,26,27,28)/t14-,17+,18-,21?,23+/m1/s1. The maximum Gasteiger partial charge on any atom is 0.309 e. The van der Waals surface area contributed by atoms with E-state index in [4.69, 9.17) is 40.7 Å². The normalized spacial score (nSPS) is 30.5. The van der Waals surface area contributed by atoms with Crippen molar-refractivity contribution in [2.75, 3.05) is 12.3 Å². The highest BCUT2D eigenvalue weighted by molar-refractivity contribution is 6.30. The average Bonchev–Trinajstić information content (AvgIpc) is 3.40. The predicted octanol–water partition coefficient (Wildman–Crippen LogP) is 3.02. The molecule has 6 rings (SSSR count). The smallest absolute Gasteiger partial charge is 0.309 e. The van der Waals surface area contributed by atoms with Gasteiger partial charge in [0, 0.05) is 16.1 Å². The van der Waals surface area contributed by atoms with Gasteiger partial charge in [0.15, 0.2) is 6.29 Å². The number of carbonyl (C=O) groups is 1. The van der Waals surface area contributed by atoms with Gasteiger partial charge in [-0.15, -0.1) is 0 Å². The first-order valence-electron chi connectivity index (χ1n) is 11.0. The predicted molar refractivity (Wildman–Crippen MR) is 119 cm³/mol. The molecule has 4 heterocycles. The van der Waals surface area contributed by atoms with Crippen LogP contribution in [0.3, 0.4) is 0 Å². The molecule has 3 fully saturated rings. The van der Waals surface area contributed by atoms with E-state index in [-0.39, 0.29) is 35.5 Å². The van der Waals surface area contributed by atoms with Crippen molar-refractivity contribution in [2.45, 2.75) is 50.0 Å². The number of aromatic amines is 1. The number of nitrogens with one attached hydrogen (secondary N) is 1. The number of nitrogens with two attached hydrogens (primary N) is 1. The molecular formula is C23H22ClN3O7. The number of fused-ring (bicyclic) bond motifs is 2. The summed E-state index contributed by atoms with van der Waals surface area (Å²) < 4.78 is 30.1. The summed E-state index contributed by atoms with van der Waals surface area (Å²) in [4.78, 5) is 31.1. The van der Waals surface area contributed by atoms with Crippen molar-refractivity contribution in [3.05, 3.63) is 57.0 Å². The van der Waals surface area contributed by atoms with Crippen molar-refractivity contribution < 1.29 is 28.2 Å². The summed E-state index contributed by atoms with van der Waals surface area (Å²) in [6.07, 6.45) is 0.490. The Bertz CT molecular complexity index is 1320. The zero-order chi connectivity index (χ0) is 23.6. The highest BCUT2D eigenvalue weighted by Crippen LogP contribution is 2.54. The Balaban J connectivity index is 1.36. The van der Waals surface area contributed by atoms with Gasteiger partial charge in [-0.2, -0.15) is 0 Å². The summed E-state index contributed by atoms with van der Waals surface area (Å²) in [7, 11) is 0. The number of H-pyrrole nitrogens is 1. The first-order chi connectivity index (χ1) is 16.3. The molecule has 178 valence electrons. The molecule has 1 aliphatic carbocycles. The van der Waals surface area contributed by atoms with Crippen molar-refractivity contribution in [3.63, 3.8) is 0 Å². The molecule has 10 nitrogen and oxygen atoms in total. The molecule has 1 aromatic carbocycles. The van der Waals surface area contributed by atoms with Crippen LogP contribution in [-0.4, -0.2) is 40.4 Å². The van der Waals surface area contributed by atoms with Crippen LogP contribution in [0, 0.1) is 5.92 Å². The fourth-order valence-electron chi connectivity index (χ4n) is 4.67. The van der Waals surface area contributed by atoms with Gasteiger partial charge in [0.1, 0.15) is 36.0 Å². The van der Waals surface area contributed by atoms with E-state index in [2.05, 4.69) is 9.97 Å². The van der Waals surface area contributed by atoms with E-state index in [1.54, 1.807) is 12.1 Å². The summed E-state index contributed by atoms with van der Waals surface area (Å²) in [5, 5.41) is 0.595. The Morgan fingerprint density at radius 2 is 2.06 bits per heavy atom. The van der Waals surface area contributed by atoms with Gasteiger partial charge in [-0.05, 0) is 31.9 Å². The molecule has 0 bridgehead atoms. The number of aromatic nitrogens is 2. The third kappa shape index (κ3) is 3.49. The lowest BCUT2D eigenvalue weighted by atomic mass is 9.89. The monoisotopic (exact) mass is 487 g/mol. The number of hydrogen-bond acceptors (Lipinski definition) is 9. The van der Waals surface area contributed by atoms with Gasteiger partial charge in [-0.1, -0.05) is 23.7 Å². The number of halogens is 1. The number of rotatable bonds is 5. The molecule has 3 aromatic rings. The fourth-order valence-corrected chi connectivity index (χ4v) is 4.79. The van der Waals surface area contributed by atoms with Gasteiger partial charge in [-0.25, -0.2) is 4.98 Å². The summed E-state index contributed by atoms with van der Waals surface area (Å²) in [6, 6.07) is 7.16. The van der Waals surface area contributed by atoms with Crippen LogP contribution >= 0.6 is 11.6 Å². The van der Waals surface area contributed by atoms with E-state index in [9.17, 15) is 9.59 Å². The zero-order valence-corrected chi connectivity index (χ0v) is 18.9. The Hall–Kier alpha value is -2.92. The molecule has 0 amide bonds. The topological polar surface area (TPSA) is 139 Å². The average molecular weight is 488 g/mol. The Labute approximate surface area is 198 Å². The van der Waals surface area contributed by atoms with Crippen LogP contribution in [0.4, 0.5) is 5.95 Å². The minimum Gasteiger partial charge on any atom is -0.463 e. The second kappa shape index (κ2) is 7.81. The summed E-state index contributed by atoms with van der Waals surface area (Å²) in [5.41, 5.74) is 5.86. The maximum absolute atomic E-state index is 12.3. The van der Waals surface area contributed by atoms with Crippen LogP contribution < -0.4 is 11.3 Å². The molecule has 2 aromatic heterocycles. The second-order valence-electron chi connectivity index (χ2n) is 9.02. The van der Waals surface area contributed by atoms with E-state index < -0.39 is 35.8 Å². The van der Waals surface area contributed by atoms with E-state index >= 15 is 0 Å². The summed E-state index contributed by atoms with van der Waals surface area (Å²) in [6.45, 7) is 1.87. The van der Waals surface area contributed by atoms with E-state index in [0.29, 0.717) is 10.6 Å². The number of furan rings is 1. The van der Waals surface area contributed by atoms with Gasteiger partial charge in [-0.3, -0.25) is 14.6 Å². The molecule has 5 atom stereocenters. The largest absolute Gasteiger partial charge is 0.463 e. The fraction of sp³-hybridized carbons (Fsp3) is 0.435. The molecule has 1 unspecified atom stereocenters. The third-order valence-electron chi connectivity index (χ3n) is 6.56. The Morgan fingerprint density at radius 1 is 1.29 bits per heavy atom. The molecule has 2 aliphatic heterocycles. The number of hydrogen-bond donors (Lipinski definition) is 2. The van der Waals surface area contributed by atoms with E-state index in [1.807, 2.05) is 19.1 Å². The second-order valence-corrected chi connectivity index (χ2v) is 9.46. The molecule has 11 heteroatoms. The number of nitrogen functional groups attached to an aromatic ring is 1. The van der Waals surface area contributed by atoms with Crippen molar-refractivity contribution in [3.8, 4) is 0 Å². The molecule has 0 radical (unpaired) electrons. The van der Waals surface area contributed by atoms with Crippen molar-refractivity contribution in [2.24, 2.45) is 5.92 Å². The molecule has 2 saturated heterocycles. The van der Waals surface area contributed by atoms with Crippen molar-refractivity contribution in [1.82, 2.24) is 9.97 Å². The van der Waals surface area contributed by atoms with Crippen LogP contribution in [0.25, 0.3) is 11.1 Å². The van der Waals surface area contributed by atoms with Crippen LogP contribution in [0.1, 0.15) is 43.3 Å². The van der Waals surface area contributed by atoms with Gasteiger partial charge in [0.2, 0.25) is 11.5 Å². The van der Waals surface area contributed by atoms with Crippen LogP contribution in [0.5, 0.6) is 0 Å². The number of esters is 1. The van der Waals surface area contributed by atoms with Crippen molar-refractivity contribution in [1.29, 1.82) is 0 Å². The van der Waals surface area contributed by atoms with E-state index in [1.165, 1.54) is 6.26 Å². The SMILES string of the molecule is C[C@@]12OC(c3ccc(Cl)cc3)O[C@@H]1[C@@H](COC(=O)C1CC1)O[C@H]2c1coc2c(=O)[nH]c(N)nc12. The molecule has 3 aliphatic rings. The van der Waals surface area contributed by atoms with Gasteiger partial charge < -0.3 is 29.1 Å². The Kier molecular flexibility index (Phi) is 4.96. The minimum atomic E-state index is -1.00. The highest BCUT2D eigenvalue weighted by Gasteiger charge is 2.63. The minimum absolute atomic E-state index is 0.00865. The van der Waals surface area contributed by atoms with E-state index in [0.717, 1.165) is 18.4 Å². The number of carbonyl (C=O) groups excluding carboxylic acids is 1. The Morgan fingerprint density at radius 3 is 2.79 bits per heavy atom. The van der Waals surface area contributed by atoms with Gasteiger partial charge in [0.25, 0.3) is 5.56 Å². The van der Waals surface area contributed by atoms with Crippen LogP contribution in [0.2, 0.25) is 5.02 Å². The maximum atomic E-state index is 12.3. The molecule has 1 saturated carbocycles. The van der Waals surface area contributed by atoms with Gasteiger partial charge in [0.05, 0.1) is 12.2 Å².